The van der Waals surface area contributed by atoms with Crippen LogP contribution in [0.4, 0.5) is 0 Å². The molecule has 1 aromatic heterocycles. The lowest BCUT2D eigenvalue weighted by atomic mass is 9.99. The molecule has 0 spiro atoms. The summed E-state index contributed by atoms with van der Waals surface area (Å²) < 4.78 is 5.74. The number of ether oxygens (including phenoxy) is 1. The van der Waals surface area contributed by atoms with Crippen LogP contribution < -0.4 is 5.73 Å². The van der Waals surface area contributed by atoms with Crippen LogP contribution in [-0.2, 0) is 4.74 Å². The zero-order valence-electron chi connectivity index (χ0n) is 12.7. The number of para-hydroxylation sites is 1. The number of hydrogen-bond donors (Lipinski definition) is 1. The molecule has 0 amide bonds. The van der Waals surface area contributed by atoms with Gasteiger partial charge in [-0.3, -0.25) is 9.88 Å². The predicted molar refractivity (Wildman–Crippen MR) is 85.1 cm³/mol. The van der Waals surface area contributed by atoms with Gasteiger partial charge in [-0.25, -0.2) is 0 Å². The fourth-order valence-electron chi connectivity index (χ4n) is 3.20. The Labute approximate surface area is 125 Å². The second-order valence-electron chi connectivity index (χ2n) is 5.86. The van der Waals surface area contributed by atoms with Crippen LogP contribution in [-0.4, -0.2) is 41.7 Å². The zero-order chi connectivity index (χ0) is 14.8. The fourth-order valence-corrected chi connectivity index (χ4v) is 3.20. The van der Waals surface area contributed by atoms with Crippen LogP contribution in [0.5, 0.6) is 0 Å². The lowest BCUT2D eigenvalue weighted by Gasteiger charge is -2.41. The van der Waals surface area contributed by atoms with Gasteiger partial charge in [-0.1, -0.05) is 24.3 Å². The summed E-state index contributed by atoms with van der Waals surface area (Å²) in [5, 5.41) is 1.17. The minimum absolute atomic E-state index is 0.185. The minimum Gasteiger partial charge on any atom is -0.376 e. The van der Waals surface area contributed by atoms with Gasteiger partial charge in [0.05, 0.1) is 18.2 Å². The molecule has 3 rings (SSSR count). The monoisotopic (exact) mass is 285 g/mol. The van der Waals surface area contributed by atoms with Gasteiger partial charge in [0, 0.05) is 36.8 Å². The standard InChI is InChI=1S/C17H23N3O/c1-12-11-21-13(2)10-20(12)16(9-18)15-7-3-5-14-6-4-8-19-17(14)15/h3-8,12-13,16H,9-11,18H2,1-2H3. The topological polar surface area (TPSA) is 51.4 Å². The first kappa shape index (κ1) is 14.4. The van der Waals surface area contributed by atoms with Crippen LogP contribution in [0.2, 0.25) is 0 Å². The van der Waals surface area contributed by atoms with E-state index in [2.05, 4.69) is 48.0 Å². The molecule has 3 atom stereocenters. The van der Waals surface area contributed by atoms with Crippen molar-refractivity contribution in [2.75, 3.05) is 19.7 Å². The van der Waals surface area contributed by atoms with Gasteiger partial charge in [-0.2, -0.15) is 0 Å². The number of nitrogens with two attached hydrogens (primary N) is 1. The largest absolute Gasteiger partial charge is 0.376 e. The number of benzene rings is 1. The Morgan fingerprint density at radius 1 is 1.33 bits per heavy atom. The molecule has 1 fully saturated rings. The number of morpholine rings is 1. The van der Waals surface area contributed by atoms with E-state index < -0.39 is 0 Å². The van der Waals surface area contributed by atoms with Crippen LogP contribution >= 0.6 is 0 Å². The third-order valence-electron chi connectivity index (χ3n) is 4.30. The molecule has 112 valence electrons. The highest BCUT2D eigenvalue weighted by Crippen LogP contribution is 2.29. The zero-order valence-corrected chi connectivity index (χ0v) is 12.7. The van der Waals surface area contributed by atoms with Crippen molar-refractivity contribution in [1.29, 1.82) is 0 Å². The Balaban J connectivity index is 2.01. The fraction of sp³-hybridized carbons (Fsp3) is 0.471. The number of aromatic nitrogens is 1. The van der Waals surface area contributed by atoms with E-state index in [1.807, 2.05) is 12.3 Å². The van der Waals surface area contributed by atoms with Crippen LogP contribution in [0.15, 0.2) is 36.5 Å². The summed E-state index contributed by atoms with van der Waals surface area (Å²) in [6.45, 7) is 6.58. The average Bonchev–Trinajstić information content (AvgIpc) is 2.51. The maximum Gasteiger partial charge on any atom is 0.0750 e. The van der Waals surface area contributed by atoms with E-state index in [-0.39, 0.29) is 12.1 Å². The maximum absolute atomic E-state index is 6.12. The highest BCUT2D eigenvalue weighted by Gasteiger charge is 2.30. The van der Waals surface area contributed by atoms with Gasteiger partial charge in [-0.05, 0) is 25.5 Å². The summed E-state index contributed by atoms with van der Waals surface area (Å²) >= 11 is 0. The van der Waals surface area contributed by atoms with E-state index in [0.29, 0.717) is 12.6 Å². The second kappa shape index (κ2) is 6.10. The van der Waals surface area contributed by atoms with Crippen molar-refractivity contribution in [3.05, 3.63) is 42.1 Å². The molecule has 0 saturated carbocycles. The van der Waals surface area contributed by atoms with Crippen LogP contribution in [0, 0.1) is 0 Å². The molecule has 2 aromatic rings. The molecule has 0 bridgehead atoms. The predicted octanol–water partition coefficient (Wildman–Crippen LogP) is 2.34. The van der Waals surface area contributed by atoms with Crippen LogP contribution in [0.25, 0.3) is 10.9 Å². The molecule has 3 unspecified atom stereocenters. The van der Waals surface area contributed by atoms with Gasteiger partial charge in [0.25, 0.3) is 0 Å². The van der Waals surface area contributed by atoms with Crippen molar-refractivity contribution in [3.8, 4) is 0 Å². The Morgan fingerprint density at radius 3 is 2.95 bits per heavy atom. The molecule has 0 radical (unpaired) electrons. The Hall–Kier alpha value is -1.49. The summed E-state index contributed by atoms with van der Waals surface area (Å²) in [4.78, 5) is 7.03. The molecule has 4 heteroatoms. The Bertz CT molecular complexity index is 611. The first-order chi connectivity index (χ1) is 10.2. The first-order valence-electron chi connectivity index (χ1n) is 7.61. The Morgan fingerprint density at radius 2 is 2.14 bits per heavy atom. The van der Waals surface area contributed by atoms with Gasteiger partial charge >= 0.3 is 0 Å². The first-order valence-corrected chi connectivity index (χ1v) is 7.61. The Kier molecular flexibility index (Phi) is 4.19. The molecule has 1 saturated heterocycles. The quantitative estimate of drug-likeness (QED) is 0.940. The molecule has 4 nitrogen and oxygen atoms in total. The second-order valence-corrected chi connectivity index (χ2v) is 5.86. The molecular formula is C17H23N3O. The van der Waals surface area contributed by atoms with Gasteiger partial charge in [0.15, 0.2) is 0 Å². The lowest BCUT2D eigenvalue weighted by Crippen LogP contribution is -2.50. The van der Waals surface area contributed by atoms with Crippen molar-refractivity contribution in [2.45, 2.75) is 32.0 Å². The molecule has 1 aromatic carbocycles. The number of fused-ring (bicyclic) bond motifs is 1. The molecule has 21 heavy (non-hydrogen) atoms. The van der Waals surface area contributed by atoms with Crippen LogP contribution in [0.3, 0.4) is 0 Å². The highest BCUT2D eigenvalue weighted by atomic mass is 16.5. The molecule has 0 aliphatic carbocycles. The number of nitrogens with zero attached hydrogens (tertiary/aromatic N) is 2. The summed E-state index contributed by atoms with van der Waals surface area (Å²) in [6, 6.07) is 11.0. The maximum atomic E-state index is 6.12. The van der Waals surface area contributed by atoms with Gasteiger partial charge < -0.3 is 10.5 Å². The van der Waals surface area contributed by atoms with E-state index >= 15 is 0 Å². The average molecular weight is 285 g/mol. The number of hydrogen-bond acceptors (Lipinski definition) is 4. The third-order valence-corrected chi connectivity index (χ3v) is 4.30. The van der Waals surface area contributed by atoms with E-state index in [4.69, 9.17) is 10.5 Å². The summed E-state index contributed by atoms with van der Waals surface area (Å²) in [5.41, 5.74) is 8.40. The van der Waals surface area contributed by atoms with Crippen molar-refractivity contribution < 1.29 is 4.74 Å². The smallest absolute Gasteiger partial charge is 0.0750 e. The van der Waals surface area contributed by atoms with Crippen molar-refractivity contribution >= 4 is 10.9 Å². The third kappa shape index (κ3) is 2.79. The summed E-state index contributed by atoms with van der Waals surface area (Å²) in [5.74, 6) is 0. The molecule has 1 aliphatic rings. The SMILES string of the molecule is CC1CN(C(CN)c2cccc3cccnc23)C(C)CO1. The van der Waals surface area contributed by atoms with Gasteiger partial charge in [0.2, 0.25) is 0 Å². The van der Waals surface area contributed by atoms with Gasteiger partial charge in [0.1, 0.15) is 0 Å². The van der Waals surface area contributed by atoms with E-state index in [1.54, 1.807) is 0 Å². The number of rotatable bonds is 3. The molecular weight excluding hydrogens is 262 g/mol. The minimum atomic E-state index is 0.185. The molecule has 2 N–H and O–H groups in total. The summed E-state index contributed by atoms with van der Waals surface area (Å²) in [6.07, 6.45) is 2.10. The number of pyridine rings is 1. The lowest BCUT2D eigenvalue weighted by molar-refractivity contribution is -0.0652. The normalized spacial score (nSPS) is 25.1. The van der Waals surface area contributed by atoms with Crippen molar-refractivity contribution in [2.24, 2.45) is 5.73 Å². The highest BCUT2D eigenvalue weighted by molar-refractivity contribution is 5.82. The van der Waals surface area contributed by atoms with E-state index in [1.165, 1.54) is 10.9 Å². The molecule has 2 heterocycles. The van der Waals surface area contributed by atoms with Gasteiger partial charge in [-0.15, -0.1) is 0 Å². The van der Waals surface area contributed by atoms with Crippen molar-refractivity contribution in [3.63, 3.8) is 0 Å². The van der Waals surface area contributed by atoms with Crippen molar-refractivity contribution in [1.82, 2.24) is 9.88 Å². The van der Waals surface area contributed by atoms with Crippen LogP contribution in [0.1, 0.15) is 25.5 Å². The molecule has 1 aliphatic heterocycles. The van der Waals surface area contributed by atoms with E-state index in [9.17, 15) is 0 Å². The van der Waals surface area contributed by atoms with E-state index in [0.717, 1.165) is 18.7 Å². The summed E-state index contributed by atoms with van der Waals surface area (Å²) in [7, 11) is 0.